The van der Waals surface area contributed by atoms with Crippen LogP contribution in [0.4, 0.5) is 5.82 Å². The van der Waals surface area contributed by atoms with Gasteiger partial charge in [-0.15, -0.1) is 0 Å². The topological polar surface area (TPSA) is 45.2 Å². The number of anilines is 1. The van der Waals surface area contributed by atoms with Crippen molar-refractivity contribution in [1.82, 2.24) is 10.3 Å². The maximum Gasteiger partial charge on any atom is 0.226 e. The van der Waals surface area contributed by atoms with Gasteiger partial charge in [-0.25, -0.2) is 4.98 Å². The molecule has 1 amide bonds. The van der Waals surface area contributed by atoms with Gasteiger partial charge in [0.15, 0.2) is 0 Å². The van der Waals surface area contributed by atoms with E-state index in [-0.39, 0.29) is 11.8 Å². The summed E-state index contributed by atoms with van der Waals surface area (Å²) in [5.41, 5.74) is 0.922. The van der Waals surface area contributed by atoms with E-state index in [1.807, 2.05) is 30.3 Å². The van der Waals surface area contributed by atoms with Crippen molar-refractivity contribution in [1.29, 1.82) is 0 Å². The van der Waals surface area contributed by atoms with Crippen LogP contribution in [0.25, 0.3) is 10.9 Å². The normalized spacial score (nSPS) is 15.4. The summed E-state index contributed by atoms with van der Waals surface area (Å²) in [6.07, 6.45) is 0. The fraction of sp³-hybridized carbons (Fsp3) is 0.286. The molecule has 98 valence electrons. The molecule has 0 radical (unpaired) electrons. The summed E-state index contributed by atoms with van der Waals surface area (Å²) in [4.78, 5) is 18.1. The zero-order valence-corrected chi connectivity index (χ0v) is 11.3. The number of carbonyl (C=O) groups is 1. The molecule has 1 aromatic heterocycles. The number of nitrogens with zero attached hydrogens (tertiary/aromatic N) is 2. The number of amides is 1. The lowest BCUT2D eigenvalue weighted by molar-refractivity contribution is -0.125. The van der Waals surface area contributed by atoms with Gasteiger partial charge in [-0.05, 0) is 30.3 Å². The molecule has 19 heavy (non-hydrogen) atoms. The van der Waals surface area contributed by atoms with Gasteiger partial charge in [-0.3, -0.25) is 4.79 Å². The van der Waals surface area contributed by atoms with Crippen molar-refractivity contribution in [3.63, 3.8) is 0 Å². The lowest BCUT2D eigenvalue weighted by Crippen LogP contribution is -2.53. The molecule has 0 atom stereocenters. The molecule has 1 fully saturated rings. The van der Waals surface area contributed by atoms with Crippen LogP contribution in [0, 0.1) is 5.92 Å². The average Bonchev–Trinajstić information content (AvgIpc) is 2.36. The number of aromatic nitrogens is 1. The second-order valence-electron chi connectivity index (χ2n) is 4.72. The molecule has 4 nitrogen and oxygen atoms in total. The fourth-order valence-electron chi connectivity index (χ4n) is 2.30. The van der Waals surface area contributed by atoms with Crippen LogP contribution in [0.2, 0.25) is 5.02 Å². The highest BCUT2D eigenvalue weighted by Crippen LogP contribution is 2.26. The SMILES string of the molecule is CNC(=O)C1CN(c2ccc3cc(Cl)ccc3n2)C1. The lowest BCUT2D eigenvalue weighted by Gasteiger charge is -2.38. The molecule has 0 spiro atoms. The molecule has 0 aliphatic carbocycles. The third kappa shape index (κ3) is 2.24. The van der Waals surface area contributed by atoms with E-state index in [0.29, 0.717) is 5.02 Å². The second-order valence-corrected chi connectivity index (χ2v) is 5.16. The minimum absolute atomic E-state index is 0.0766. The number of pyridine rings is 1. The summed E-state index contributed by atoms with van der Waals surface area (Å²) in [7, 11) is 1.67. The summed E-state index contributed by atoms with van der Waals surface area (Å²) < 4.78 is 0. The average molecular weight is 276 g/mol. The molecular weight excluding hydrogens is 262 g/mol. The number of rotatable bonds is 2. The van der Waals surface area contributed by atoms with Gasteiger partial charge in [0.25, 0.3) is 0 Å². The van der Waals surface area contributed by atoms with Gasteiger partial charge in [-0.2, -0.15) is 0 Å². The molecule has 3 rings (SSSR count). The van der Waals surface area contributed by atoms with Crippen LogP contribution >= 0.6 is 11.6 Å². The number of benzene rings is 1. The van der Waals surface area contributed by atoms with E-state index < -0.39 is 0 Å². The molecule has 1 N–H and O–H groups in total. The van der Waals surface area contributed by atoms with Crippen molar-refractivity contribution >= 4 is 34.2 Å². The number of carbonyl (C=O) groups excluding carboxylic acids is 1. The molecule has 5 heteroatoms. The van der Waals surface area contributed by atoms with Crippen LogP contribution < -0.4 is 10.2 Å². The number of hydrogen-bond acceptors (Lipinski definition) is 3. The molecule has 1 aromatic carbocycles. The Morgan fingerprint density at radius 2 is 2.16 bits per heavy atom. The molecule has 1 aliphatic rings. The van der Waals surface area contributed by atoms with Gasteiger partial charge in [0.1, 0.15) is 5.82 Å². The Bertz CT molecular complexity index is 638. The van der Waals surface area contributed by atoms with Gasteiger partial charge in [0, 0.05) is 30.5 Å². The van der Waals surface area contributed by atoms with Gasteiger partial charge in [-0.1, -0.05) is 11.6 Å². The molecule has 0 unspecified atom stereocenters. The Labute approximate surface area is 116 Å². The lowest BCUT2D eigenvalue weighted by atomic mass is 9.99. The molecule has 1 saturated heterocycles. The molecular formula is C14H14ClN3O. The standard InChI is InChI=1S/C14H14ClN3O/c1-16-14(19)10-7-18(8-10)13-5-2-9-6-11(15)3-4-12(9)17-13/h2-6,10H,7-8H2,1H3,(H,16,19). The highest BCUT2D eigenvalue weighted by Gasteiger charge is 2.32. The molecule has 2 heterocycles. The van der Waals surface area contributed by atoms with Crippen molar-refractivity contribution in [3.8, 4) is 0 Å². The van der Waals surface area contributed by atoms with Gasteiger partial charge in [0.2, 0.25) is 5.91 Å². The van der Waals surface area contributed by atoms with Crippen molar-refractivity contribution < 1.29 is 4.79 Å². The Balaban J connectivity index is 1.80. The summed E-state index contributed by atoms with van der Waals surface area (Å²) in [5.74, 6) is 1.09. The third-order valence-corrected chi connectivity index (χ3v) is 3.69. The Morgan fingerprint density at radius 3 is 2.89 bits per heavy atom. The monoisotopic (exact) mass is 275 g/mol. The Hall–Kier alpha value is -1.81. The molecule has 0 bridgehead atoms. The highest BCUT2D eigenvalue weighted by atomic mass is 35.5. The largest absolute Gasteiger partial charge is 0.359 e. The summed E-state index contributed by atoms with van der Waals surface area (Å²) in [6, 6.07) is 9.63. The first kappa shape index (κ1) is 12.2. The quantitative estimate of drug-likeness (QED) is 0.913. The zero-order chi connectivity index (χ0) is 13.4. The van der Waals surface area contributed by atoms with Gasteiger partial charge < -0.3 is 10.2 Å². The summed E-state index contributed by atoms with van der Waals surface area (Å²) >= 11 is 5.95. The van der Waals surface area contributed by atoms with Crippen LogP contribution in [0.15, 0.2) is 30.3 Å². The van der Waals surface area contributed by atoms with E-state index in [2.05, 4.69) is 15.2 Å². The minimum atomic E-state index is 0.0766. The molecule has 2 aromatic rings. The van der Waals surface area contributed by atoms with Crippen molar-refractivity contribution in [2.24, 2.45) is 5.92 Å². The van der Waals surface area contributed by atoms with E-state index >= 15 is 0 Å². The van der Waals surface area contributed by atoms with Crippen molar-refractivity contribution in [3.05, 3.63) is 35.4 Å². The van der Waals surface area contributed by atoms with Crippen LogP contribution in [0.3, 0.4) is 0 Å². The summed E-state index contributed by atoms with van der Waals surface area (Å²) in [5, 5.41) is 4.42. The maximum atomic E-state index is 11.4. The van der Waals surface area contributed by atoms with Crippen molar-refractivity contribution in [2.45, 2.75) is 0 Å². The minimum Gasteiger partial charge on any atom is -0.359 e. The number of fused-ring (bicyclic) bond motifs is 1. The first-order valence-electron chi connectivity index (χ1n) is 6.20. The number of nitrogens with one attached hydrogen (secondary N) is 1. The van der Waals surface area contributed by atoms with Gasteiger partial charge >= 0.3 is 0 Å². The highest BCUT2D eigenvalue weighted by molar-refractivity contribution is 6.31. The fourth-order valence-corrected chi connectivity index (χ4v) is 2.48. The molecule has 1 aliphatic heterocycles. The van der Waals surface area contributed by atoms with E-state index in [1.165, 1.54) is 0 Å². The van der Waals surface area contributed by atoms with Gasteiger partial charge in [0.05, 0.1) is 11.4 Å². The zero-order valence-electron chi connectivity index (χ0n) is 10.6. The van der Waals surface area contributed by atoms with E-state index in [0.717, 1.165) is 29.8 Å². The predicted molar refractivity (Wildman–Crippen MR) is 76.5 cm³/mol. The Morgan fingerprint density at radius 1 is 1.37 bits per heavy atom. The number of halogens is 1. The van der Waals surface area contributed by atoms with Crippen LogP contribution in [0.1, 0.15) is 0 Å². The van der Waals surface area contributed by atoms with Crippen LogP contribution in [-0.4, -0.2) is 31.0 Å². The first-order chi connectivity index (χ1) is 9.17. The summed E-state index contributed by atoms with van der Waals surface area (Å²) in [6.45, 7) is 1.46. The first-order valence-corrected chi connectivity index (χ1v) is 6.58. The third-order valence-electron chi connectivity index (χ3n) is 3.46. The Kier molecular flexibility index (Phi) is 3.03. The molecule has 0 saturated carbocycles. The van der Waals surface area contributed by atoms with E-state index in [1.54, 1.807) is 7.05 Å². The van der Waals surface area contributed by atoms with Crippen LogP contribution in [-0.2, 0) is 4.79 Å². The predicted octanol–water partition coefficient (Wildman–Crippen LogP) is 2.07. The maximum absolute atomic E-state index is 11.4. The second kappa shape index (κ2) is 4.70. The van der Waals surface area contributed by atoms with Crippen LogP contribution in [0.5, 0.6) is 0 Å². The van der Waals surface area contributed by atoms with E-state index in [9.17, 15) is 4.79 Å². The van der Waals surface area contributed by atoms with Crippen molar-refractivity contribution in [2.75, 3.05) is 25.0 Å². The smallest absolute Gasteiger partial charge is 0.226 e. The van der Waals surface area contributed by atoms with E-state index in [4.69, 9.17) is 11.6 Å². The number of hydrogen-bond donors (Lipinski definition) is 1.